The van der Waals surface area contributed by atoms with Gasteiger partial charge in [0, 0.05) is 19.7 Å². The first-order chi connectivity index (χ1) is 9.74. The van der Waals surface area contributed by atoms with Crippen LogP contribution in [0, 0.1) is 11.3 Å². The molecular formula is C16H27N3O2. The first-order valence-electron chi connectivity index (χ1n) is 7.70. The van der Waals surface area contributed by atoms with Crippen molar-refractivity contribution in [1.29, 1.82) is 0 Å². The number of hydrogen-bond acceptors (Lipinski definition) is 3. The van der Waals surface area contributed by atoms with Gasteiger partial charge in [-0.2, -0.15) is 5.10 Å². The Balaban J connectivity index is 2.00. The molecule has 2 rings (SSSR count). The van der Waals surface area contributed by atoms with Crippen LogP contribution in [-0.4, -0.2) is 28.4 Å². The summed E-state index contributed by atoms with van der Waals surface area (Å²) in [5.74, 6) is 1.21. The molecule has 0 unspecified atom stereocenters. The zero-order valence-electron chi connectivity index (χ0n) is 13.8. The van der Waals surface area contributed by atoms with Gasteiger partial charge in [-0.15, -0.1) is 0 Å². The van der Waals surface area contributed by atoms with Crippen LogP contribution in [-0.2, 0) is 23.0 Å². The number of nitrogens with one attached hydrogen (secondary N) is 1. The monoisotopic (exact) mass is 293 g/mol. The SMILES string of the molecule is C[C@H]1CCO[C@H](C(=O)Nc2cc(CC(C)(C)C)nn2C)C1. The van der Waals surface area contributed by atoms with Gasteiger partial charge in [0.05, 0.1) is 5.69 Å². The lowest BCUT2D eigenvalue weighted by atomic mass is 9.91. The Morgan fingerprint density at radius 2 is 2.24 bits per heavy atom. The third-order valence-electron chi connectivity index (χ3n) is 3.73. The van der Waals surface area contributed by atoms with Gasteiger partial charge in [0.15, 0.2) is 0 Å². The van der Waals surface area contributed by atoms with Crippen molar-refractivity contribution >= 4 is 11.7 Å². The summed E-state index contributed by atoms with van der Waals surface area (Å²) in [5.41, 5.74) is 1.18. The molecular weight excluding hydrogens is 266 g/mol. The van der Waals surface area contributed by atoms with Gasteiger partial charge in [-0.1, -0.05) is 27.7 Å². The zero-order chi connectivity index (χ0) is 15.6. The Hall–Kier alpha value is -1.36. The van der Waals surface area contributed by atoms with Gasteiger partial charge in [-0.05, 0) is 30.6 Å². The number of aromatic nitrogens is 2. The number of carbonyl (C=O) groups is 1. The predicted octanol–water partition coefficient (Wildman–Crippen LogP) is 2.76. The predicted molar refractivity (Wildman–Crippen MR) is 83.1 cm³/mol. The van der Waals surface area contributed by atoms with Crippen LogP contribution in [0.5, 0.6) is 0 Å². The second-order valence-corrected chi connectivity index (χ2v) is 7.36. The number of ether oxygens (including phenoxy) is 1. The van der Waals surface area contributed by atoms with Gasteiger partial charge in [0.1, 0.15) is 11.9 Å². The van der Waals surface area contributed by atoms with Gasteiger partial charge in [0.25, 0.3) is 5.91 Å². The first-order valence-corrected chi connectivity index (χ1v) is 7.70. The Morgan fingerprint density at radius 1 is 1.52 bits per heavy atom. The number of anilines is 1. The Kier molecular flexibility index (Phi) is 4.71. The summed E-state index contributed by atoms with van der Waals surface area (Å²) in [6.45, 7) is 9.36. The highest BCUT2D eigenvalue weighted by Crippen LogP contribution is 2.23. The van der Waals surface area contributed by atoms with Crippen molar-refractivity contribution in [3.05, 3.63) is 11.8 Å². The number of amides is 1. The summed E-state index contributed by atoms with van der Waals surface area (Å²) in [4.78, 5) is 12.3. The number of aryl methyl sites for hydroxylation is 1. The topological polar surface area (TPSA) is 56.1 Å². The largest absolute Gasteiger partial charge is 0.368 e. The summed E-state index contributed by atoms with van der Waals surface area (Å²) in [7, 11) is 1.85. The molecule has 118 valence electrons. The quantitative estimate of drug-likeness (QED) is 0.932. The van der Waals surface area contributed by atoms with Crippen molar-refractivity contribution in [2.75, 3.05) is 11.9 Å². The fourth-order valence-corrected chi connectivity index (χ4v) is 2.63. The molecule has 21 heavy (non-hydrogen) atoms. The van der Waals surface area contributed by atoms with Crippen molar-refractivity contribution in [1.82, 2.24) is 9.78 Å². The average Bonchev–Trinajstić information content (AvgIpc) is 2.67. The van der Waals surface area contributed by atoms with Crippen LogP contribution in [0.4, 0.5) is 5.82 Å². The summed E-state index contributed by atoms with van der Waals surface area (Å²) < 4.78 is 7.30. The third-order valence-corrected chi connectivity index (χ3v) is 3.73. The van der Waals surface area contributed by atoms with Crippen molar-refractivity contribution in [2.24, 2.45) is 18.4 Å². The van der Waals surface area contributed by atoms with Gasteiger partial charge in [0.2, 0.25) is 0 Å². The van der Waals surface area contributed by atoms with Crippen LogP contribution in [0.3, 0.4) is 0 Å². The molecule has 1 aliphatic heterocycles. The molecule has 0 aliphatic carbocycles. The molecule has 2 atom stereocenters. The van der Waals surface area contributed by atoms with E-state index >= 15 is 0 Å². The molecule has 0 bridgehead atoms. The number of carbonyl (C=O) groups excluding carboxylic acids is 1. The van der Waals surface area contributed by atoms with Crippen LogP contribution >= 0.6 is 0 Å². The molecule has 1 N–H and O–H groups in total. The Bertz CT molecular complexity index is 502. The minimum absolute atomic E-state index is 0.0631. The molecule has 1 amide bonds. The van der Waals surface area contributed by atoms with Crippen LogP contribution in [0.15, 0.2) is 6.07 Å². The Morgan fingerprint density at radius 3 is 2.86 bits per heavy atom. The average molecular weight is 293 g/mol. The zero-order valence-corrected chi connectivity index (χ0v) is 13.8. The number of rotatable bonds is 3. The summed E-state index contributed by atoms with van der Waals surface area (Å²) in [6, 6.07) is 1.95. The van der Waals surface area contributed by atoms with E-state index in [1.807, 2.05) is 13.1 Å². The van der Waals surface area contributed by atoms with E-state index in [9.17, 15) is 4.79 Å². The van der Waals surface area contributed by atoms with Crippen LogP contribution in [0.25, 0.3) is 0 Å². The number of nitrogens with zero attached hydrogens (tertiary/aromatic N) is 2. The van der Waals surface area contributed by atoms with E-state index in [2.05, 4.69) is 38.1 Å². The molecule has 1 saturated heterocycles. The molecule has 5 nitrogen and oxygen atoms in total. The molecule has 1 fully saturated rings. The van der Waals surface area contributed by atoms with E-state index in [-0.39, 0.29) is 17.4 Å². The molecule has 2 heterocycles. The lowest BCUT2D eigenvalue weighted by Gasteiger charge is -2.26. The fourth-order valence-electron chi connectivity index (χ4n) is 2.63. The van der Waals surface area contributed by atoms with Crippen molar-refractivity contribution < 1.29 is 9.53 Å². The van der Waals surface area contributed by atoms with Crippen LogP contribution in [0.1, 0.15) is 46.2 Å². The highest BCUT2D eigenvalue weighted by atomic mass is 16.5. The smallest absolute Gasteiger partial charge is 0.254 e. The molecule has 1 aromatic heterocycles. The minimum atomic E-state index is -0.338. The minimum Gasteiger partial charge on any atom is -0.368 e. The Labute approximate surface area is 127 Å². The van der Waals surface area contributed by atoms with Crippen LogP contribution < -0.4 is 5.32 Å². The molecule has 0 saturated carbocycles. The van der Waals surface area contributed by atoms with E-state index in [0.717, 1.165) is 30.8 Å². The maximum Gasteiger partial charge on any atom is 0.254 e. The van der Waals surface area contributed by atoms with Crippen LogP contribution in [0.2, 0.25) is 0 Å². The van der Waals surface area contributed by atoms with E-state index in [0.29, 0.717) is 12.5 Å². The van der Waals surface area contributed by atoms with Crippen molar-refractivity contribution in [3.63, 3.8) is 0 Å². The second-order valence-electron chi connectivity index (χ2n) is 7.36. The van der Waals surface area contributed by atoms with Gasteiger partial charge < -0.3 is 10.1 Å². The van der Waals surface area contributed by atoms with E-state index in [1.54, 1.807) is 4.68 Å². The normalized spacial score (nSPS) is 23.1. The van der Waals surface area contributed by atoms with E-state index in [4.69, 9.17) is 4.74 Å². The maximum atomic E-state index is 12.3. The fraction of sp³-hybridized carbons (Fsp3) is 0.750. The standard InChI is InChI=1S/C16H27N3O2/c1-11-6-7-21-13(8-11)15(20)17-14-9-12(18-19(14)5)10-16(2,3)4/h9,11,13H,6-8,10H2,1-5H3,(H,17,20)/t11-,13-/m0/s1. The van der Waals surface area contributed by atoms with Gasteiger partial charge in [-0.3, -0.25) is 9.48 Å². The first kappa shape index (κ1) is 16.0. The van der Waals surface area contributed by atoms with Crippen molar-refractivity contribution in [3.8, 4) is 0 Å². The molecule has 0 aromatic carbocycles. The van der Waals surface area contributed by atoms with E-state index < -0.39 is 0 Å². The number of hydrogen-bond donors (Lipinski definition) is 1. The third kappa shape index (κ3) is 4.56. The highest BCUT2D eigenvalue weighted by molar-refractivity contribution is 5.93. The second kappa shape index (κ2) is 6.18. The summed E-state index contributed by atoms with van der Waals surface area (Å²) in [5, 5.41) is 7.41. The lowest BCUT2D eigenvalue weighted by Crippen LogP contribution is -2.36. The maximum absolute atomic E-state index is 12.3. The van der Waals surface area contributed by atoms with Gasteiger partial charge in [-0.25, -0.2) is 0 Å². The summed E-state index contributed by atoms with van der Waals surface area (Å²) >= 11 is 0. The highest BCUT2D eigenvalue weighted by Gasteiger charge is 2.26. The molecule has 1 aliphatic rings. The summed E-state index contributed by atoms with van der Waals surface area (Å²) in [6.07, 6.45) is 2.37. The lowest BCUT2D eigenvalue weighted by molar-refractivity contribution is -0.131. The van der Waals surface area contributed by atoms with Crippen molar-refractivity contribution in [2.45, 2.75) is 53.1 Å². The molecule has 1 aromatic rings. The van der Waals surface area contributed by atoms with Gasteiger partial charge >= 0.3 is 0 Å². The van der Waals surface area contributed by atoms with E-state index in [1.165, 1.54) is 0 Å². The molecule has 0 spiro atoms. The molecule has 0 radical (unpaired) electrons. The molecule has 5 heteroatoms.